The molecule has 0 bridgehead atoms. The van der Waals surface area contributed by atoms with Crippen LogP contribution in [0.1, 0.15) is 29.7 Å². The van der Waals surface area contributed by atoms with Gasteiger partial charge in [0.15, 0.2) is 5.96 Å². The molecule has 3 N–H and O–H groups in total. The van der Waals surface area contributed by atoms with Gasteiger partial charge in [0.25, 0.3) is 0 Å². The number of aliphatic hydroxyl groups excluding tert-OH is 1. The lowest BCUT2D eigenvalue weighted by molar-refractivity contribution is 0.176. The SMILES string of the molecule is CCNC(=NCc1ccc(C)c(F)c1)NCC(O)c1ccccc1F.I. The Morgan fingerprint density at radius 3 is 2.50 bits per heavy atom. The molecule has 1 atom stereocenters. The summed E-state index contributed by atoms with van der Waals surface area (Å²) in [6, 6.07) is 11.1. The van der Waals surface area contributed by atoms with E-state index in [0.717, 1.165) is 5.56 Å². The number of benzene rings is 2. The number of nitrogens with zero attached hydrogens (tertiary/aromatic N) is 1. The molecule has 0 fully saturated rings. The summed E-state index contributed by atoms with van der Waals surface area (Å²) in [5, 5.41) is 16.1. The number of aryl methyl sites for hydroxylation is 1. The van der Waals surface area contributed by atoms with E-state index >= 15 is 0 Å². The Balaban J connectivity index is 0.00000338. The Morgan fingerprint density at radius 2 is 1.85 bits per heavy atom. The number of rotatable bonds is 6. The van der Waals surface area contributed by atoms with Crippen LogP contribution in [0.2, 0.25) is 0 Å². The lowest BCUT2D eigenvalue weighted by Gasteiger charge is -2.16. The third-order valence-corrected chi connectivity index (χ3v) is 3.73. The van der Waals surface area contributed by atoms with Crippen molar-refractivity contribution in [3.05, 3.63) is 70.8 Å². The fraction of sp³-hybridized carbons (Fsp3) is 0.316. The number of aliphatic imine (C=N–C) groups is 1. The lowest BCUT2D eigenvalue weighted by atomic mass is 10.1. The van der Waals surface area contributed by atoms with Gasteiger partial charge in [0.1, 0.15) is 11.6 Å². The van der Waals surface area contributed by atoms with Gasteiger partial charge in [0.2, 0.25) is 0 Å². The fourth-order valence-corrected chi connectivity index (χ4v) is 2.30. The van der Waals surface area contributed by atoms with Crippen molar-refractivity contribution >= 4 is 29.9 Å². The van der Waals surface area contributed by atoms with Crippen molar-refractivity contribution in [2.45, 2.75) is 26.5 Å². The Morgan fingerprint density at radius 1 is 1.12 bits per heavy atom. The Hall–Kier alpha value is -1.74. The molecular formula is C19H24F2IN3O. The van der Waals surface area contributed by atoms with E-state index in [2.05, 4.69) is 15.6 Å². The van der Waals surface area contributed by atoms with Gasteiger partial charge in [-0.3, -0.25) is 0 Å². The minimum Gasteiger partial charge on any atom is -0.386 e. The van der Waals surface area contributed by atoms with Crippen molar-refractivity contribution in [2.24, 2.45) is 4.99 Å². The van der Waals surface area contributed by atoms with Gasteiger partial charge in [-0.05, 0) is 37.1 Å². The zero-order chi connectivity index (χ0) is 18.2. The molecule has 0 heterocycles. The van der Waals surface area contributed by atoms with Crippen molar-refractivity contribution in [3.63, 3.8) is 0 Å². The van der Waals surface area contributed by atoms with Crippen molar-refractivity contribution < 1.29 is 13.9 Å². The summed E-state index contributed by atoms with van der Waals surface area (Å²) in [6.45, 7) is 4.65. The molecule has 0 aliphatic rings. The topological polar surface area (TPSA) is 56.7 Å². The number of hydrogen-bond acceptors (Lipinski definition) is 2. The van der Waals surface area contributed by atoms with Gasteiger partial charge in [-0.1, -0.05) is 30.3 Å². The molecule has 0 spiro atoms. The molecule has 7 heteroatoms. The Labute approximate surface area is 169 Å². The smallest absolute Gasteiger partial charge is 0.191 e. The lowest BCUT2D eigenvalue weighted by Crippen LogP contribution is -2.39. The standard InChI is InChI=1S/C19H23F2N3O.HI/c1-3-22-19(23-11-14-9-8-13(2)17(21)10-14)24-12-18(25)15-6-4-5-7-16(15)20;/h4-10,18,25H,3,11-12H2,1-2H3,(H2,22,23,24);1H. The highest BCUT2D eigenvalue weighted by molar-refractivity contribution is 14.0. The van der Waals surface area contributed by atoms with E-state index in [1.807, 2.05) is 13.0 Å². The van der Waals surface area contributed by atoms with Gasteiger partial charge in [-0.15, -0.1) is 24.0 Å². The minimum atomic E-state index is -0.998. The van der Waals surface area contributed by atoms with E-state index in [1.54, 1.807) is 31.2 Å². The molecule has 0 amide bonds. The molecule has 0 saturated heterocycles. The normalized spacial score (nSPS) is 12.3. The average molecular weight is 475 g/mol. The van der Waals surface area contributed by atoms with E-state index < -0.39 is 11.9 Å². The summed E-state index contributed by atoms with van der Waals surface area (Å²) in [4.78, 5) is 4.37. The van der Waals surface area contributed by atoms with Crippen LogP contribution in [-0.4, -0.2) is 24.2 Å². The van der Waals surface area contributed by atoms with Crippen LogP contribution < -0.4 is 10.6 Å². The summed E-state index contributed by atoms with van der Waals surface area (Å²) < 4.78 is 27.3. The monoisotopic (exact) mass is 475 g/mol. The summed E-state index contributed by atoms with van der Waals surface area (Å²) in [7, 11) is 0. The first-order chi connectivity index (χ1) is 12.0. The minimum absolute atomic E-state index is 0. The molecule has 4 nitrogen and oxygen atoms in total. The molecule has 0 aliphatic carbocycles. The van der Waals surface area contributed by atoms with E-state index in [9.17, 15) is 13.9 Å². The summed E-state index contributed by atoms with van der Waals surface area (Å²) in [6.07, 6.45) is -0.998. The van der Waals surface area contributed by atoms with Crippen molar-refractivity contribution in [2.75, 3.05) is 13.1 Å². The van der Waals surface area contributed by atoms with Crippen LogP contribution in [0.5, 0.6) is 0 Å². The van der Waals surface area contributed by atoms with E-state index in [4.69, 9.17) is 0 Å². The van der Waals surface area contributed by atoms with Crippen LogP contribution in [-0.2, 0) is 6.54 Å². The number of aliphatic hydroxyl groups is 1. The molecular weight excluding hydrogens is 451 g/mol. The highest BCUT2D eigenvalue weighted by Crippen LogP contribution is 2.15. The molecule has 0 saturated carbocycles. The van der Waals surface area contributed by atoms with Gasteiger partial charge in [0, 0.05) is 18.7 Å². The Kier molecular flexibility index (Phi) is 9.50. The van der Waals surface area contributed by atoms with E-state index in [0.29, 0.717) is 24.6 Å². The molecule has 2 aromatic rings. The third kappa shape index (κ3) is 6.53. The third-order valence-electron chi connectivity index (χ3n) is 3.73. The predicted octanol–water partition coefficient (Wildman–Crippen LogP) is 3.68. The van der Waals surface area contributed by atoms with Crippen LogP contribution in [0.4, 0.5) is 8.78 Å². The first kappa shape index (κ1) is 22.3. The maximum Gasteiger partial charge on any atom is 0.191 e. The van der Waals surface area contributed by atoms with Crippen LogP contribution in [0.25, 0.3) is 0 Å². The van der Waals surface area contributed by atoms with Gasteiger partial charge in [0.05, 0.1) is 12.6 Å². The zero-order valence-electron chi connectivity index (χ0n) is 14.8. The molecule has 2 aromatic carbocycles. The molecule has 26 heavy (non-hydrogen) atoms. The average Bonchev–Trinajstić information content (AvgIpc) is 2.60. The highest BCUT2D eigenvalue weighted by atomic mass is 127. The highest BCUT2D eigenvalue weighted by Gasteiger charge is 2.12. The van der Waals surface area contributed by atoms with Crippen molar-refractivity contribution in [3.8, 4) is 0 Å². The predicted molar refractivity (Wildman–Crippen MR) is 111 cm³/mol. The van der Waals surface area contributed by atoms with Crippen molar-refractivity contribution in [1.82, 2.24) is 10.6 Å². The van der Waals surface area contributed by atoms with Crippen LogP contribution in [0.15, 0.2) is 47.5 Å². The van der Waals surface area contributed by atoms with Gasteiger partial charge in [-0.25, -0.2) is 13.8 Å². The maximum atomic E-state index is 13.7. The van der Waals surface area contributed by atoms with E-state index in [1.165, 1.54) is 12.1 Å². The summed E-state index contributed by atoms with van der Waals surface area (Å²) in [5.41, 5.74) is 1.56. The number of nitrogens with one attached hydrogen (secondary N) is 2. The summed E-state index contributed by atoms with van der Waals surface area (Å²) in [5.74, 6) is -0.242. The Bertz CT molecular complexity index is 740. The van der Waals surface area contributed by atoms with Gasteiger partial charge >= 0.3 is 0 Å². The van der Waals surface area contributed by atoms with Crippen LogP contribution >= 0.6 is 24.0 Å². The number of halogens is 3. The quantitative estimate of drug-likeness (QED) is 0.340. The maximum absolute atomic E-state index is 13.7. The van der Waals surface area contributed by atoms with Crippen molar-refractivity contribution in [1.29, 1.82) is 0 Å². The second-order valence-corrected chi connectivity index (χ2v) is 5.70. The first-order valence-electron chi connectivity index (χ1n) is 8.21. The molecule has 0 aliphatic heterocycles. The largest absolute Gasteiger partial charge is 0.386 e. The summed E-state index contributed by atoms with van der Waals surface area (Å²) >= 11 is 0. The second kappa shape index (κ2) is 11.1. The van der Waals surface area contributed by atoms with Crippen LogP contribution in [0, 0.1) is 18.6 Å². The van der Waals surface area contributed by atoms with Gasteiger partial charge in [-0.2, -0.15) is 0 Å². The van der Waals surface area contributed by atoms with Gasteiger partial charge < -0.3 is 15.7 Å². The number of guanidine groups is 1. The molecule has 1 unspecified atom stereocenters. The van der Waals surface area contributed by atoms with Crippen LogP contribution in [0.3, 0.4) is 0 Å². The number of hydrogen-bond donors (Lipinski definition) is 3. The fourth-order valence-electron chi connectivity index (χ4n) is 2.30. The zero-order valence-corrected chi connectivity index (χ0v) is 17.1. The first-order valence-corrected chi connectivity index (χ1v) is 8.21. The molecule has 142 valence electrons. The van der Waals surface area contributed by atoms with E-state index in [-0.39, 0.29) is 41.9 Å². The second-order valence-electron chi connectivity index (χ2n) is 5.70. The molecule has 2 rings (SSSR count). The molecule has 0 aromatic heterocycles. The molecule has 0 radical (unpaired) electrons.